The summed E-state index contributed by atoms with van der Waals surface area (Å²) in [5.41, 5.74) is 6.05. The van der Waals surface area contributed by atoms with E-state index >= 15 is 0 Å². The Morgan fingerprint density at radius 2 is 1.81 bits per heavy atom. The van der Waals surface area contributed by atoms with Gasteiger partial charge in [-0.25, -0.2) is 4.68 Å². The Bertz CT molecular complexity index is 838. The third kappa shape index (κ3) is 3.59. The molecule has 0 saturated heterocycles. The van der Waals surface area contributed by atoms with Gasteiger partial charge in [-0.15, -0.1) is 0 Å². The second kappa shape index (κ2) is 6.75. The summed E-state index contributed by atoms with van der Waals surface area (Å²) in [6.07, 6.45) is 5.20. The van der Waals surface area contributed by atoms with Crippen molar-refractivity contribution in [3.8, 4) is 5.69 Å². The largest absolute Gasteiger partial charge is 0.350 e. The molecule has 138 valence electrons. The molecule has 2 aromatic rings. The van der Waals surface area contributed by atoms with Crippen molar-refractivity contribution in [3.63, 3.8) is 0 Å². The Kier molecular flexibility index (Phi) is 4.78. The smallest absolute Gasteiger partial charge is 0.217 e. The fraction of sp³-hybridized carbons (Fsp3) is 0.455. The number of aromatic nitrogens is 2. The molecule has 1 aliphatic rings. The molecule has 0 aliphatic heterocycles. The lowest BCUT2D eigenvalue weighted by atomic mass is 9.87. The molecular formula is C22H29N3O. The summed E-state index contributed by atoms with van der Waals surface area (Å²) in [7, 11) is 0. The molecule has 2 atom stereocenters. The van der Waals surface area contributed by atoms with Gasteiger partial charge in [-0.2, -0.15) is 5.10 Å². The predicted octanol–water partition coefficient (Wildman–Crippen LogP) is 4.33. The summed E-state index contributed by atoms with van der Waals surface area (Å²) in [5.74, 6) is 0.317. The molecule has 1 N–H and O–H groups in total. The standard InChI is InChI=1S/C22H29N3O/c1-14-21(17-7-10-19(13-17)23-16(3)26)15(2)25(24-14)20-11-8-18(9-12-20)22(4,5)6/h7-12,17,19H,13H2,1-6H3,(H,23,26). The molecule has 3 rings (SSSR count). The van der Waals surface area contributed by atoms with Crippen LogP contribution in [0, 0.1) is 13.8 Å². The molecule has 4 heteroatoms. The zero-order chi connectivity index (χ0) is 19.1. The van der Waals surface area contributed by atoms with Crippen LogP contribution in [-0.2, 0) is 10.2 Å². The van der Waals surface area contributed by atoms with Gasteiger partial charge in [0.25, 0.3) is 0 Å². The van der Waals surface area contributed by atoms with Gasteiger partial charge in [0.15, 0.2) is 0 Å². The van der Waals surface area contributed by atoms with Crippen LogP contribution in [0.1, 0.15) is 62.5 Å². The van der Waals surface area contributed by atoms with E-state index in [4.69, 9.17) is 5.10 Å². The summed E-state index contributed by atoms with van der Waals surface area (Å²) in [5, 5.41) is 7.78. The van der Waals surface area contributed by atoms with E-state index in [2.05, 4.69) is 76.4 Å². The lowest BCUT2D eigenvalue weighted by molar-refractivity contribution is -0.119. The zero-order valence-electron chi connectivity index (χ0n) is 16.6. The van der Waals surface area contributed by atoms with Gasteiger partial charge in [-0.05, 0) is 43.4 Å². The SMILES string of the molecule is CC(=O)NC1C=CC(c2c(C)nn(-c3ccc(C(C)(C)C)cc3)c2C)C1. The van der Waals surface area contributed by atoms with Crippen molar-refractivity contribution in [2.45, 2.75) is 65.3 Å². The molecule has 0 saturated carbocycles. The van der Waals surface area contributed by atoms with Gasteiger partial charge in [-0.1, -0.05) is 45.1 Å². The van der Waals surface area contributed by atoms with Gasteiger partial charge in [0.05, 0.1) is 11.4 Å². The van der Waals surface area contributed by atoms with Gasteiger partial charge in [0.1, 0.15) is 0 Å². The maximum Gasteiger partial charge on any atom is 0.217 e. The fourth-order valence-electron chi connectivity index (χ4n) is 3.83. The van der Waals surface area contributed by atoms with Crippen molar-refractivity contribution >= 4 is 5.91 Å². The lowest BCUT2D eigenvalue weighted by Crippen LogP contribution is -2.30. The highest BCUT2D eigenvalue weighted by Gasteiger charge is 2.26. The average molecular weight is 351 g/mol. The summed E-state index contributed by atoms with van der Waals surface area (Å²) < 4.78 is 2.04. The molecule has 1 aromatic carbocycles. The molecule has 2 unspecified atom stereocenters. The first-order chi connectivity index (χ1) is 12.2. The summed E-state index contributed by atoms with van der Waals surface area (Å²) in [4.78, 5) is 11.3. The molecule has 0 spiro atoms. The van der Waals surface area contributed by atoms with Crippen LogP contribution in [0.25, 0.3) is 5.69 Å². The van der Waals surface area contributed by atoms with Gasteiger partial charge in [0, 0.05) is 30.1 Å². The number of rotatable bonds is 3. The number of nitrogens with one attached hydrogen (secondary N) is 1. The van der Waals surface area contributed by atoms with Gasteiger partial charge in [0.2, 0.25) is 5.91 Å². The minimum Gasteiger partial charge on any atom is -0.350 e. The molecular weight excluding hydrogens is 322 g/mol. The highest BCUT2D eigenvalue weighted by atomic mass is 16.1. The molecule has 0 radical (unpaired) electrons. The van der Waals surface area contributed by atoms with Crippen LogP contribution in [0.15, 0.2) is 36.4 Å². The maximum absolute atomic E-state index is 11.3. The second-order valence-electron chi connectivity index (χ2n) is 8.33. The second-order valence-corrected chi connectivity index (χ2v) is 8.33. The van der Waals surface area contributed by atoms with Crippen LogP contribution in [0.5, 0.6) is 0 Å². The molecule has 1 amide bonds. The topological polar surface area (TPSA) is 46.9 Å². The van der Waals surface area contributed by atoms with Crippen molar-refractivity contribution in [2.75, 3.05) is 0 Å². The Balaban J connectivity index is 1.87. The molecule has 0 fully saturated rings. The fourth-order valence-corrected chi connectivity index (χ4v) is 3.83. The van der Waals surface area contributed by atoms with Crippen LogP contribution in [-0.4, -0.2) is 21.7 Å². The minimum absolute atomic E-state index is 0.0170. The van der Waals surface area contributed by atoms with E-state index in [0.717, 1.165) is 17.8 Å². The Morgan fingerprint density at radius 1 is 1.15 bits per heavy atom. The van der Waals surface area contributed by atoms with Gasteiger partial charge < -0.3 is 5.32 Å². The molecule has 26 heavy (non-hydrogen) atoms. The first-order valence-corrected chi connectivity index (χ1v) is 9.29. The van der Waals surface area contributed by atoms with Crippen molar-refractivity contribution in [3.05, 3.63) is 58.9 Å². The molecule has 1 aliphatic carbocycles. The van der Waals surface area contributed by atoms with Crippen molar-refractivity contribution in [2.24, 2.45) is 0 Å². The quantitative estimate of drug-likeness (QED) is 0.837. The Morgan fingerprint density at radius 3 is 2.38 bits per heavy atom. The lowest BCUT2D eigenvalue weighted by Gasteiger charge is -2.19. The number of benzene rings is 1. The van der Waals surface area contributed by atoms with Crippen molar-refractivity contribution < 1.29 is 4.79 Å². The average Bonchev–Trinajstić information content (AvgIpc) is 3.10. The third-order valence-corrected chi connectivity index (χ3v) is 5.17. The monoisotopic (exact) mass is 351 g/mol. The Hall–Kier alpha value is -2.36. The van der Waals surface area contributed by atoms with Crippen LogP contribution in [0.3, 0.4) is 0 Å². The van der Waals surface area contributed by atoms with E-state index in [0.29, 0.717) is 5.92 Å². The van der Waals surface area contributed by atoms with Gasteiger partial charge >= 0.3 is 0 Å². The van der Waals surface area contributed by atoms with Crippen molar-refractivity contribution in [1.29, 1.82) is 0 Å². The number of nitrogens with zero attached hydrogens (tertiary/aromatic N) is 2. The molecule has 0 bridgehead atoms. The zero-order valence-corrected chi connectivity index (χ0v) is 16.6. The first kappa shape index (κ1) is 18.4. The third-order valence-electron chi connectivity index (χ3n) is 5.17. The minimum atomic E-state index is 0.0170. The van der Waals surface area contributed by atoms with E-state index in [1.54, 1.807) is 6.92 Å². The maximum atomic E-state index is 11.3. The van der Waals surface area contributed by atoms with Gasteiger partial charge in [-0.3, -0.25) is 4.79 Å². The van der Waals surface area contributed by atoms with E-state index in [1.165, 1.54) is 16.8 Å². The number of aryl methyl sites for hydroxylation is 1. The van der Waals surface area contributed by atoms with Crippen LogP contribution >= 0.6 is 0 Å². The van der Waals surface area contributed by atoms with E-state index < -0.39 is 0 Å². The normalized spacial score (nSPS) is 19.8. The summed E-state index contributed by atoms with van der Waals surface area (Å²) >= 11 is 0. The van der Waals surface area contributed by atoms with E-state index in [1.807, 2.05) is 4.68 Å². The number of allylic oxidation sites excluding steroid dienone is 1. The summed E-state index contributed by atoms with van der Waals surface area (Å²) in [6, 6.07) is 8.79. The van der Waals surface area contributed by atoms with E-state index in [9.17, 15) is 4.79 Å². The van der Waals surface area contributed by atoms with E-state index in [-0.39, 0.29) is 17.4 Å². The Labute approximate surface area is 156 Å². The molecule has 1 aromatic heterocycles. The summed E-state index contributed by atoms with van der Waals surface area (Å²) in [6.45, 7) is 12.4. The highest BCUT2D eigenvalue weighted by Crippen LogP contribution is 2.34. The number of carbonyl (C=O) groups excluding carboxylic acids is 1. The van der Waals surface area contributed by atoms with Crippen molar-refractivity contribution in [1.82, 2.24) is 15.1 Å². The molecule has 1 heterocycles. The van der Waals surface area contributed by atoms with Crippen LogP contribution in [0.2, 0.25) is 0 Å². The van der Waals surface area contributed by atoms with Crippen LogP contribution < -0.4 is 5.32 Å². The number of hydrogen-bond donors (Lipinski definition) is 1. The number of carbonyl (C=O) groups is 1. The number of amides is 1. The first-order valence-electron chi connectivity index (χ1n) is 9.29. The molecule has 4 nitrogen and oxygen atoms in total. The number of hydrogen-bond acceptors (Lipinski definition) is 2. The van der Waals surface area contributed by atoms with Crippen LogP contribution in [0.4, 0.5) is 0 Å². The highest BCUT2D eigenvalue weighted by molar-refractivity contribution is 5.73. The predicted molar refractivity (Wildman–Crippen MR) is 106 cm³/mol.